The van der Waals surface area contributed by atoms with Gasteiger partial charge in [-0.05, 0) is 36.4 Å². The number of furan rings is 1. The number of amides is 1. The number of β-amino-alcohol motifs (C(OH)–C–C–N with tert-alkyl or cyclic N) is 1. The summed E-state index contributed by atoms with van der Waals surface area (Å²) in [5, 5.41) is 15.5. The highest BCUT2D eigenvalue weighted by Crippen LogP contribution is 2.22. The summed E-state index contributed by atoms with van der Waals surface area (Å²) in [5.41, 5.74) is 0.705. The van der Waals surface area contributed by atoms with Gasteiger partial charge in [-0.2, -0.15) is 0 Å². The monoisotopic (exact) mass is 340 g/mol. The number of hydrogen-bond acceptors (Lipinski definition) is 4. The number of halogens is 2. The summed E-state index contributed by atoms with van der Waals surface area (Å²) in [5.74, 6) is 0.0624. The minimum atomic E-state index is -0.438. The molecule has 5 nitrogen and oxygen atoms in total. The third-order valence-corrected chi connectivity index (χ3v) is 3.79. The van der Waals surface area contributed by atoms with E-state index in [0.717, 1.165) is 0 Å². The average molecular weight is 341 g/mol. The van der Waals surface area contributed by atoms with E-state index in [1.54, 1.807) is 24.3 Å². The fraction of sp³-hybridized carbons (Fsp3) is 0.312. The number of aliphatic hydroxyl groups is 1. The van der Waals surface area contributed by atoms with Gasteiger partial charge in [-0.15, -0.1) is 12.4 Å². The van der Waals surface area contributed by atoms with Crippen molar-refractivity contribution in [1.82, 2.24) is 10.6 Å². The van der Waals surface area contributed by atoms with E-state index in [4.69, 9.17) is 4.42 Å². The fourth-order valence-corrected chi connectivity index (χ4v) is 2.47. The number of carbonyl (C=O) groups is 1. The Morgan fingerprint density at radius 1 is 1.26 bits per heavy atom. The lowest BCUT2D eigenvalue weighted by atomic mass is 10.1. The van der Waals surface area contributed by atoms with Crippen LogP contribution in [-0.4, -0.2) is 36.8 Å². The molecule has 1 amide bonds. The molecule has 23 heavy (non-hydrogen) atoms. The molecule has 2 atom stereocenters. The van der Waals surface area contributed by atoms with E-state index in [9.17, 15) is 14.3 Å². The number of carbonyl (C=O) groups excluding carboxylic acids is 1. The first kappa shape index (κ1) is 17.5. The molecule has 0 spiro atoms. The predicted molar refractivity (Wildman–Crippen MR) is 86.0 cm³/mol. The van der Waals surface area contributed by atoms with E-state index in [2.05, 4.69) is 10.6 Å². The van der Waals surface area contributed by atoms with Gasteiger partial charge in [0.25, 0.3) is 5.91 Å². The molecule has 0 radical (unpaired) electrons. The number of benzene rings is 1. The zero-order valence-electron chi connectivity index (χ0n) is 12.3. The van der Waals surface area contributed by atoms with Gasteiger partial charge in [-0.3, -0.25) is 4.79 Å². The minimum Gasteiger partial charge on any atom is -0.451 e. The maximum absolute atomic E-state index is 12.9. The third kappa shape index (κ3) is 4.10. The Morgan fingerprint density at radius 2 is 2.00 bits per heavy atom. The molecule has 0 saturated carbocycles. The summed E-state index contributed by atoms with van der Waals surface area (Å²) in [6, 6.07) is 9.12. The molecule has 1 aliphatic rings. The minimum absolute atomic E-state index is 0. The molecule has 7 heteroatoms. The van der Waals surface area contributed by atoms with Gasteiger partial charge < -0.3 is 20.2 Å². The Bertz CT molecular complexity index is 660. The van der Waals surface area contributed by atoms with Crippen molar-refractivity contribution >= 4 is 18.3 Å². The van der Waals surface area contributed by atoms with Gasteiger partial charge in [-0.1, -0.05) is 0 Å². The number of hydrogen-bond donors (Lipinski definition) is 3. The van der Waals surface area contributed by atoms with Crippen molar-refractivity contribution in [3.8, 4) is 11.3 Å². The van der Waals surface area contributed by atoms with Crippen LogP contribution < -0.4 is 10.6 Å². The van der Waals surface area contributed by atoms with Gasteiger partial charge in [0.1, 0.15) is 11.6 Å². The van der Waals surface area contributed by atoms with Crippen molar-refractivity contribution < 1.29 is 18.7 Å². The average Bonchev–Trinajstić information content (AvgIpc) is 3.15. The zero-order chi connectivity index (χ0) is 15.5. The van der Waals surface area contributed by atoms with E-state index in [0.29, 0.717) is 31.0 Å². The quantitative estimate of drug-likeness (QED) is 0.793. The maximum atomic E-state index is 12.9. The molecule has 1 saturated heterocycles. The molecule has 1 fully saturated rings. The van der Waals surface area contributed by atoms with Gasteiger partial charge >= 0.3 is 0 Å². The van der Waals surface area contributed by atoms with Gasteiger partial charge in [0.2, 0.25) is 0 Å². The van der Waals surface area contributed by atoms with Crippen LogP contribution in [0.4, 0.5) is 4.39 Å². The topological polar surface area (TPSA) is 74.5 Å². The van der Waals surface area contributed by atoms with E-state index in [-0.39, 0.29) is 35.8 Å². The summed E-state index contributed by atoms with van der Waals surface area (Å²) in [7, 11) is 0. The van der Waals surface area contributed by atoms with Crippen molar-refractivity contribution in [2.24, 2.45) is 5.92 Å². The molecule has 2 heterocycles. The molecule has 2 aromatic rings. The van der Waals surface area contributed by atoms with Crippen LogP contribution in [0.3, 0.4) is 0 Å². The van der Waals surface area contributed by atoms with Crippen LogP contribution in [0.2, 0.25) is 0 Å². The van der Waals surface area contributed by atoms with Crippen LogP contribution in [0.5, 0.6) is 0 Å². The summed E-state index contributed by atoms with van der Waals surface area (Å²) in [4.78, 5) is 12.0. The molecule has 0 bridgehead atoms. The Morgan fingerprint density at radius 3 is 2.65 bits per heavy atom. The van der Waals surface area contributed by atoms with Gasteiger partial charge in [0.15, 0.2) is 5.76 Å². The van der Waals surface area contributed by atoms with E-state index >= 15 is 0 Å². The highest BCUT2D eigenvalue weighted by molar-refractivity contribution is 5.92. The Balaban J connectivity index is 0.00000192. The van der Waals surface area contributed by atoms with Gasteiger partial charge in [0, 0.05) is 31.1 Å². The molecule has 0 aliphatic carbocycles. The molecular formula is C16H18ClFN2O3. The van der Waals surface area contributed by atoms with E-state index in [1.807, 2.05) is 0 Å². The summed E-state index contributed by atoms with van der Waals surface area (Å²) < 4.78 is 18.4. The highest BCUT2D eigenvalue weighted by Gasteiger charge is 2.25. The lowest BCUT2D eigenvalue weighted by Crippen LogP contribution is -2.34. The second kappa shape index (κ2) is 7.59. The van der Waals surface area contributed by atoms with Crippen LogP contribution in [0.25, 0.3) is 11.3 Å². The first-order valence-corrected chi connectivity index (χ1v) is 7.16. The zero-order valence-corrected chi connectivity index (χ0v) is 13.1. The maximum Gasteiger partial charge on any atom is 0.287 e. The SMILES string of the molecule is Cl.O=C(NCC1CNCC1O)c1ccc(-c2ccc(F)cc2)o1. The normalized spacial score (nSPS) is 20.1. The lowest BCUT2D eigenvalue weighted by molar-refractivity contribution is 0.0900. The third-order valence-electron chi connectivity index (χ3n) is 3.79. The van der Waals surface area contributed by atoms with Crippen molar-refractivity contribution in [3.63, 3.8) is 0 Å². The van der Waals surface area contributed by atoms with Crippen molar-refractivity contribution in [1.29, 1.82) is 0 Å². The Hall–Kier alpha value is -1.89. The van der Waals surface area contributed by atoms with Crippen LogP contribution in [0, 0.1) is 11.7 Å². The van der Waals surface area contributed by atoms with Crippen molar-refractivity contribution in [2.75, 3.05) is 19.6 Å². The number of nitrogens with one attached hydrogen (secondary N) is 2. The first-order chi connectivity index (χ1) is 10.6. The molecule has 1 aromatic heterocycles. The molecule has 1 aromatic carbocycles. The first-order valence-electron chi connectivity index (χ1n) is 7.16. The van der Waals surface area contributed by atoms with Gasteiger partial charge in [-0.25, -0.2) is 4.39 Å². The smallest absolute Gasteiger partial charge is 0.287 e. The summed E-state index contributed by atoms with van der Waals surface area (Å²) in [6.45, 7) is 1.62. The predicted octanol–water partition coefficient (Wildman–Crippen LogP) is 1.82. The van der Waals surface area contributed by atoms with Crippen LogP contribution in [0.15, 0.2) is 40.8 Å². The summed E-state index contributed by atoms with van der Waals surface area (Å²) in [6.07, 6.45) is -0.438. The Labute approximate surface area is 139 Å². The molecule has 124 valence electrons. The van der Waals surface area contributed by atoms with E-state index < -0.39 is 6.10 Å². The molecule has 2 unspecified atom stereocenters. The van der Waals surface area contributed by atoms with Crippen LogP contribution in [0.1, 0.15) is 10.6 Å². The Kier molecular flexibility index (Phi) is 5.76. The van der Waals surface area contributed by atoms with Crippen LogP contribution in [-0.2, 0) is 0 Å². The van der Waals surface area contributed by atoms with E-state index in [1.165, 1.54) is 12.1 Å². The highest BCUT2D eigenvalue weighted by atomic mass is 35.5. The van der Waals surface area contributed by atoms with Gasteiger partial charge in [0.05, 0.1) is 6.10 Å². The molecule has 3 N–H and O–H groups in total. The fourth-order valence-electron chi connectivity index (χ4n) is 2.47. The molecular weight excluding hydrogens is 323 g/mol. The molecule has 3 rings (SSSR count). The number of rotatable bonds is 4. The largest absolute Gasteiger partial charge is 0.451 e. The molecule has 1 aliphatic heterocycles. The second-order valence-electron chi connectivity index (χ2n) is 5.37. The van der Waals surface area contributed by atoms with Crippen molar-refractivity contribution in [2.45, 2.75) is 6.10 Å². The standard InChI is InChI=1S/C16H17FN2O3.ClH/c17-12-3-1-10(2-4-12)14-5-6-15(22-14)16(21)19-8-11-7-18-9-13(11)20;/h1-6,11,13,18,20H,7-9H2,(H,19,21);1H. The number of aliphatic hydroxyl groups excluding tert-OH is 1. The van der Waals surface area contributed by atoms with Crippen molar-refractivity contribution in [3.05, 3.63) is 48.0 Å². The second-order valence-corrected chi connectivity index (χ2v) is 5.37. The summed E-state index contributed by atoms with van der Waals surface area (Å²) >= 11 is 0. The lowest BCUT2D eigenvalue weighted by Gasteiger charge is -2.13. The van der Waals surface area contributed by atoms with Crippen LogP contribution >= 0.6 is 12.4 Å².